The molecule has 66 valence electrons. The molecule has 0 amide bonds. The first-order valence-electron chi connectivity index (χ1n) is 3.65. The van der Waals surface area contributed by atoms with Gasteiger partial charge in [-0.2, -0.15) is 0 Å². The summed E-state index contributed by atoms with van der Waals surface area (Å²) in [5.74, 6) is 0. The third-order valence-electron chi connectivity index (χ3n) is 1.81. The van der Waals surface area contributed by atoms with E-state index < -0.39 is 0 Å². The van der Waals surface area contributed by atoms with Gasteiger partial charge in [0.25, 0.3) is 5.56 Å². The average molecular weight is 350 g/mol. The highest BCUT2D eigenvalue weighted by molar-refractivity contribution is 14.1. The van der Waals surface area contributed by atoms with Gasteiger partial charge in [-0.15, -0.1) is 0 Å². The van der Waals surface area contributed by atoms with Crippen LogP contribution < -0.4 is 5.56 Å². The van der Waals surface area contributed by atoms with Gasteiger partial charge in [0, 0.05) is 25.0 Å². The lowest BCUT2D eigenvalue weighted by molar-refractivity contribution is 1.26. The maximum atomic E-state index is 11.4. The van der Waals surface area contributed by atoms with Crippen molar-refractivity contribution in [1.82, 2.24) is 4.98 Å². The summed E-state index contributed by atoms with van der Waals surface area (Å²) >= 11 is 5.58. The third kappa shape index (κ3) is 1.65. The number of benzene rings is 1. The number of hydrogen-bond acceptors (Lipinski definition) is 1. The molecule has 13 heavy (non-hydrogen) atoms. The Balaban J connectivity index is 3.01. The van der Waals surface area contributed by atoms with Crippen LogP contribution >= 0.6 is 38.5 Å². The van der Waals surface area contributed by atoms with Crippen LogP contribution in [0.2, 0.25) is 0 Å². The predicted octanol–water partition coefficient (Wildman–Crippen LogP) is 2.90. The molecule has 0 radical (unpaired) electrons. The van der Waals surface area contributed by atoms with Crippen molar-refractivity contribution >= 4 is 49.3 Å². The Morgan fingerprint density at radius 2 is 2.08 bits per heavy atom. The predicted molar refractivity (Wildman–Crippen MR) is 65.0 cm³/mol. The zero-order chi connectivity index (χ0) is 9.42. The molecule has 0 saturated heterocycles. The molecule has 4 heteroatoms. The van der Waals surface area contributed by atoms with Crippen LogP contribution in [-0.4, -0.2) is 4.98 Å². The number of aromatic nitrogens is 1. The van der Waals surface area contributed by atoms with E-state index >= 15 is 0 Å². The molecule has 2 rings (SSSR count). The summed E-state index contributed by atoms with van der Waals surface area (Å²) in [4.78, 5) is 14.1. The molecule has 0 aliphatic heterocycles. The van der Waals surface area contributed by atoms with Crippen molar-refractivity contribution in [3.63, 3.8) is 0 Å². The van der Waals surface area contributed by atoms with Gasteiger partial charge in [-0.25, -0.2) is 0 Å². The van der Waals surface area contributed by atoms with Gasteiger partial charge in [-0.3, -0.25) is 4.79 Å². The summed E-state index contributed by atoms with van der Waals surface area (Å²) < 4.78 is 2.04. The van der Waals surface area contributed by atoms with Gasteiger partial charge < -0.3 is 4.98 Å². The highest BCUT2D eigenvalue weighted by Gasteiger charge is 2.01. The fraction of sp³-hybridized carbons (Fsp3) is 0. The number of halogens is 2. The molecule has 1 N–H and O–H groups in total. The molecule has 0 fully saturated rings. The van der Waals surface area contributed by atoms with Crippen molar-refractivity contribution in [2.75, 3.05) is 0 Å². The van der Waals surface area contributed by atoms with E-state index in [1.807, 2.05) is 18.2 Å². The summed E-state index contributed by atoms with van der Waals surface area (Å²) in [6.07, 6.45) is 1.72. The quantitative estimate of drug-likeness (QED) is 0.729. The molecule has 1 aromatic heterocycles. The molecular formula is C9H5BrINO. The molecule has 1 heterocycles. The number of fused-ring (bicyclic) bond motifs is 1. The molecule has 0 aliphatic carbocycles. The first-order chi connectivity index (χ1) is 6.18. The van der Waals surface area contributed by atoms with Crippen LogP contribution in [0.4, 0.5) is 0 Å². The summed E-state index contributed by atoms with van der Waals surface area (Å²) in [6, 6.07) is 5.64. The minimum atomic E-state index is -0.0390. The highest BCUT2D eigenvalue weighted by atomic mass is 127. The van der Waals surface area contributed by atoms with Gasteiger partial charge >= 0.3 is 0 Å². The topological polar surface area (TPSA) is 32.9 Å². The Hall–Kier alpha value is -0.360. The molecule has 0 bridgehead atoms. The molecular weight excluding hydrogens is 345 g/mol. The maximum absolute atomic E-state index is 11.4. The van der Waals surface area contributed by atoms with E-state index in [2.05, 4.69) is 43.5 Å². The van der Waals surface area contributed by atoms with Crippen LogP contribution in [0.25, 0.3) is 10.8 Å². The van der Waals surface area contributed by atoms with Gasteiger partial charge in [-0.1, -0.05) is 15.9 Å². The van der Waals surface area contributed by atoms with E-state index in [-0.39, 0.29) is 5.56 Å². The maximum Gasteiger partial charge on any atom is 0.255 e. The molecule has 1 aromatic carbocycles. The number of nitrogens with one attached hydrogen (secondary N) is 1. The fourth-order valence-electron chi connectivity index (χ4n) is 1.20. The molecule has 0 unspecified atom stereocenters. The minimum Gasteiger partial charge on any atom is -0.327 e. The number of rotatable bonds is 0. The molecule has 2 nitrogen and oxygen atoms in total. The molecule has 0 saturated carbocycles. The normalized spacial score (nSPS) is 10.6. The van der Waals surface area contributed by atoms with Crippen molar-refractivity contribution < 1.29 is 0 Å². The van der Waals surface area contributed by atoms with Crippen LogP contribution in [0, 0.1) is 3.57 Å². The van der Waals surface area contributed by atoms with Gasteiger partial charge in [-0.05, 0) is 40.8 Å². The largest absolute Gasteiger partial charge is 0.327 e. The summed E-state index contributed by atoms with van der Waals surface area (Å²) in [7, 11) is 0. The summed E-state index contributed by atoms with van der Waals surface area (Å²) in [5, 5.41) is 1.72. The lowest BCUT2D eigenvalue weighted by atomic mass is 10.2. The van der Waals surface area contributed by atoms with E-state index in [4.69, 9.17) is 0 Å². The Bertz CT molecular complexity index is 520. The molecule has 0 aliphatic rings. The van der Waals surface area contributed by atoms with Crippen molar-refractivity contribution in [3.8, 4) is 0 Å². The first-order valence-corrected chi connectivity index (χ1v) is 5.52. The fourth-order valence-corrected chi connectivity index (χ4v) is 2.16. The van der Waals surface area contributed by atoms with Crippen LogP contribution in [0.5, 0.6) is 0 Å². The van der Waals surface area contributed by atoms with Crippen molar-refractivity contribution in [2.45, 2.75) is 0 Å². The van der Waals surface area contributed by atoms with Crippen molar-refractivity contribution in [3.05, 3.63) is 42.8 Å². The van der Waals surface area contributed by atoms with Crippen LogP contribution in [0.1, 0.15) is 0 Å². The van der Waals surface area contributed by atoms with E-state index in [0.29, 0.717) is 0 Å². The number of pyridine rings is 1. The summed E-state index contributed by atoms with van der Waals surface area (Å²) in [5.41, 5.74) is -0.0390. The zero-order valence-electron chi connectivity index (χ0n) is 6.47. The average Bonchev–Trinajstić information content (AvgIpc) is 2.12. The first kappa shape index (κ1) is 9.21. The lowest BCUT2D eigenvalue weighted by Gasteiger charge is -1.99. The SMILES string of the molecule is O=c1[nH]cc(I)c2cc(Br)ccc12. The minimum absolute atomic E-state index is 0.0390. The van der Waals surface area contributed by atoms with Gasteiger partial charge in [0.15, 0.2) is 0 Å². The van der Waals surface area contributed by atoms with E-state index in [0.717, 1.165) is 18.8 Å². The van der Waals surface area contributed by atoms with E-state index in [1.165, 1.54) is 0 Å². The van der Waals surface area contributed by atoms with Crippen LogP contribution in [0.15, 0.2) is 33.7 Å². The monoisotopic (exact) mass is 349 g/mol. The second kappa shape index (κ2) is 3.42. The van der Waals surface area contributed by atoms with E-state index in [9.17, 15) is 4.79 Å². The molecule has 0 spiro atoms. The Morgan fingerprint density at radius 3 is 2.85 bits per heavy atom. The number of aromatic amines is 1. The van der Waals surface area contributed by atoms with Crippen molar-refractivity contribution in [1.29, 1.82) is 0 Å². The Labute approximate surface area is 96.6 Å². The second-order valence-electron chi connectivity index (χ2n) is 2.66. The van der Waals surface area contributed by atoms with Gasteiger partial charge in [0.05, 0.1) is 0 Å². The van der Waals surface area contributed by atoms with Crippen LogP contribution in [0.3, 0.4) is 0 Å². The van der Waals surface area contributed by atoms with Gasteiger partial charge in [0.2, 0.25) is 0 Å². The van der Waals surface area contributed by atoms with E-state index in [1.54, 1.807) is 6.20 Å². The summed E-state index contributed by atoms with van der Waals surface area (Å²) in [6.45, 7) is 0. The molecule has 2 aromatic rings. The Morgan fingerprint density at radius 1 is 1.31 bits per heavy atom. The third-order valence-corrected chi connectivity index (χ3v) is 3.20. The Kier molecular flexibility index (Phi) is 2.42. The standard InChI is InChI=1S/C9H5BrINO/c10-5-1-2-6-7(3-5)8(11)4-12-9(6)13/h1-4H,(H,12,13). The van der Waals surface area contributed by atoms with Crippen molar-refractivity contribution in [2.24, 2.45) is 0 Å². The number of hydrogen-bond donors (Lipinski definition) is 1. The van der Waals surface area contributed by atoms with Gasteiger partial charge in [0.1, 0.15) is 0 Å². The highest BCUT2D eigenvalue weighted by Crippen LogP contribution is 2.20. The zero-order valence-corrected chi connectivity index (χ0v) is 10.2. The number of H-pyrrole nitrogens is 1. The van der Waals surface area contributed by atoms with Crippen LogP contribution in [-0.2, 0) is 0 Å². The smallest absolute Gasteiger partial charge is 0.255 e. The second-order valence-corrected chi connectivity index (χ2v) is 4.73. The lowest BCUT2D eigenvalue weighted by Crippen LogP contribution is -2.05. The molecule has 0 atom stereocenters.